The van der Waals surface area contributed by atoms with E-state index >= 15 is 0 Å². The normalized spacial score (nSPS) is 10.3. The molecule has 6 heteroatoms. The van der Waals surface area contributed by atoms with E-state index in [4.69, 9.17) is 4.74 Å². The molecule has 2 heterocycles. The fourth-order valence-corrected chi connectivity index (χ4v) is 1.93. The van der Waals surface area contributed by atoms with E-state index < -0.39 is 0 Å². The smallest absolute Gasteiger partial charge is 0.275 e. The third kappa shape index (κ3) is 1.63. The summed E-state index contributed by atoms with van der Waals surface area (Å²) in [6, 6.07) is 0. The molecule has 2 aromatic rings. The first-order valence-corrected chi connectivity index (χ1v) is 5.08. The largest absolute Gasteiger partial charge is 0.473 e. The molecule has 2 aromatic heterocycles. The van der Waals surface area contributed by atoms with Crippen molar-refractivity contribution in [3.8, 4) is 11.0 Å². The highest BCUT2D eigenvalue weighted by Crippen LogP contribution is 2.26. The molecule has 0 unspecified atom stereocenters. The minimum Gasteiger partial charge on any atom is -0.473 e. The Morgan fingerprint density at radius 1 is 1.60 bits per heavy atom. The van der Waals surface area contributed by atoms with E-state index in [9.17, 15) is 4.79 Å². The van der Waals surface area contributed by atoms with Crippen molar-refractivity contribution in [1.29, 1.82) is 0 Å². The Labute approximate surface area is 90.4 Å². The van der Waals surface area contributed by atoms with Gasteiger partial charge in [0.05, 0.1) is 7.11 Å². The number of imidazole rings is 1. The van der Waals surface area contributed by atoms with Crippen LogP contribution in [0.5, 0.6) is 5.19 Å². The van der Waals surface area contributed by atoms with Crippen LogP contribution in [0.25, 0.3) is 5.82 Å². The summed E-state index contributed by atoms with van der Waals surface area (Å²) in [6.45, 7) is 1.85. The van der Waals surface area contributed by atoms with Crippen molar-refractivity contribution in [2.45, 2.75) is 6.92 Å². The second-order valence-electron chi connectivity index (χ2n) is 2.83. The molecule has 0 aliphatic carbocycles. The number of methoxy groups -OCH3 is 1. The molecule has 0 N–H and O–H groups in total. The fraction of sp³-hybridized carbons (Fsp3) is 0.222. The Kier molecular flexibility index (Phi) is 2.51. The van der Waals surface area contributed by atoms with Crippen LogP contribution in [0.1, 0.15) is 15.5 Å². The lowest BCUT2D eigenvalue weighted by Gasteiger charge is -1.99. The third-order valence-corrected chi connectivity index (χ3v) is 2.88. The van der Waals surface area contributed by atoms with E-state index in [1.807, 2.05) is 6.92 Å². The highest BCUT2D eigenvalue weighted by molar-refractivity contribution is 7.15. The van der Waals surface area contributed by atoms with Crippen LogP contribution in [-0.2, 0) is 0 Å². The van der Waals surface area contributed by atoms with E-state index in [0.29, 0.717) is 15.9 Å². The summed E-state index contributed by atoms with van der Waals surface area (Å²) in [5.74, 6) is 1.35. The first-order valence-electron chi connectivity index (χ1n) is 4.26. The highest BCUT2D eigenvalue weighted by Gasteiger charge is 2.13. The van der Waals surface area contributed by atoms with Gasteiger partial charge in [0.25, 0.3) is 5.19 Å². The number of aryl methyl sites for hydroxylation is 1. The topological polar surface area (TPSA) is 57.0 Å². The number of rotatable bonds is 3. The van der Waals surface area contributed by atoms with Gasteiger partial charge in [0, 0.05) is 12.4 Å². The molecule has 0 saturated carbocycles. The average molecular weight is 223 g/mol. The van der Waals surface area contributed by atoms with Gasteiger partial charge in [0.2, 0.25) is 0 Å². The van der Waals surface area contributed by atoms with E-state index in [1.165, 1.54) is 18.4 Å². The molecule has 0 aliphatic rings. The van der Waals surface area contributed by atoms with Crippen molar-refractivity contribution in [2.24, 2.45) is 0 Å². The maximum atomic E-state index is 10.8. The van der Waals surface area contributed by atoms with Gasteiger partial charge in [0.15, 0.2) is 12.1 Å². The molecule has 0 saturated heterocycles. The number of aldehydes is 1. The van der Waals surface area contributed by atoms with Crippen LogP contribution in [0.3, 0.4) is 0 Å². The number of aromatic nitrogens is 3. The zero-order chi connectivity index (χ0) is 10.8. The summed E-state index contributed by atoms with van der Waals surface area (Å²) < 4.78 is 6.74. The zero-order valence-electron chi connectivity index (χ0n) is 8.30. The average Bonchev–Trinajstić information content (AvgIpc) is 2.82. The summed E-state index contributed by atoms with van der Waals surface area (Å²) in [5, 5.41) is 0.472. The number of carbonyl (C=O) groups is 1. The standard InChI is InChI=1S/C9H9N3O2S/c1-6-10-3-4-12(6)8-7(5-13)15-9(11-8)14-2/h3-5H,1-2H3. The van der Waals surface area contributed by atoms with Crippen molar-refractivity contribution < 1.29 is 9.53 Å². The molecular formula is C9H9N3O2S. The van der Waals surface area contributed by atoms with Gasteiger partial charge in [-0.25, -0.2) is 4.98 Å². The highest BCUT2D eigenvalue weighted by atomic mass is 32.1. The number of ether oxygens (including phenoxy) is 1. The van der Waals surface area contributed by atoms with Gasteiger partial charge >= 0.3 is 0 Å². The second kappa shape index (κ2) is 3.82. The van der Waals surface area contributed by atoms with Gasteiger partial charge in [-0.3, -0.25) is 9.36 Å². The van der Waals surface area contributed by atoms with Gasteiger partial charge in [-0.1, -0.05) is 11.3 Å². The SMILES string of the molecule is COc1nc(-n2ccnc2C)c(C=O)s1. The Morgan fingerprint density at radius 2 is 2.40 bits per heavy atom. The van der Waals surface area contributed by atoms with E-state index in [1.54, 1.807) is 17.0 Å². The molecular weight excluding hydrogens is 214 g/mol. The number of thiazole rings is 1. The minimum absolute atomic E-state index is 0.472. The fourth-order valence-electron chi connectivity index (χ4n) is 1.24. The number of hydrogen-bond acceptors (Lipinski definition) is 5. The van der Waals surface area contributed by atoms with Gasteiger partial charge in [-0.15, -0.1) is 0 Å². The first kappa shape index (κ1) is 9.85. The summed E-state index contributed by atoms with van der Waals surface area (Å²) in [5.41, 5.74) is 0. The minimum atomic E-state index is 0.472. The van der Waals surface area contributed by atoms with Crippen LogP contribution in [0.2, 0.25) is 0 Å². The number of hydrogen-bond donors (Lipinski definition) is 0. The Morgan fingerprint density at radius 3 is 2.93 bits per heavy atom. The van der Waals surface area contributed by atoms with Crippen molar-refractivity contribution in [2.75, 3.05) is 7.11 Å². The van der Waals surface area contributed by atoms with Crippen molar-refractivity contribution in [3.63, 3.8) is 0 Å². The second-order valence-corrected chi connectivity index (χ2v) is 3.83. The van der Waals surface area contributed by atoms with Crippen LogP contribution in [0.4, 0.5) is 0 Å². The van der Waals surface area contributed by atoms with Crippen molar-refractivity contribution >= 4 is 17.6 Å². The number of nitrogens with zero attached hydrogens (tertiary/aromatic N) is 3. The molecule has 0 aliphatic heterocycles. The summed E-state index contributed by atoms with van der Waals surface area (Å²) >= 11 is 1.22. The molecule has 0 atom stereocenters. The van der Waals surface area contributed by atoms with Gasteiger partial charge in [0.1, 0.15) is 10.7 Å². The van der Waals surface area contributed by atoms with Crippen LogP contribution in [0.15, 0.2) is 12.4 Å². The molecule has 15 heavy (non-hydrogen) atoms. The Hall–Kier alpha value is -1.69. The summed E-state index contributed by atoms with van der Waals surface area (Å²) in [4.78, 5) is 19.6. The van der Waals surface area contributed by atoms with Crippen LogP contribution >= 0.6 is 11.3 Å². The Balaban J connectivity index is 2.56. The van der Waals surface area contributed by atoms with E-state index in [-0.39, 0.29) is 0 Å². The molecule has 78 valence electrons. The third-order valence-electron chi connectivity index (χ3n) is 1.95. The van der Waals surface area contributed by atoms with Crippen LogP contribution in [0, 0.1) is 6.92 Å². The van der Waals surface area contributed by atoms with E-state index in [2.05, 4.69) is 9.97 Å². The maximum absolute atomic E-state index is 10.8. The van der Waals surface area contributed by atoms with E-state index in [0.717, 1.165) is 12.1 Å². The molecule has 0 spiro atoms. The van der Waals surface area contributed by atoms with Crippen molar-refractivity contribution in [3.05, 3.63) is 23.1 Å². The lowest BCUT2D eigenvalue weighted by molar-refractivity contribution is 0.112. The maximum Gasteiger partial charge on any atom is 0.275 e. The first-order chi connectivity index (χ1) is 7.26. The monoisotopic (exact) mass is 223 g/mol. The van der Waals surface area contributed by atoms with Crippen molar-refractivity contribution in [1.82, 2.24) is 14.5 Å². The molecule has 2 rings (SSSR count). The van der Waals surface area contributed by atoms with Crippen LogP contribution < -0.4 is 4.74 Å². The predicted molar refractivity (Wildman–Crippen MR) is 55.9 cm³/mol. The van der Waals surface area contributed by atoms with Crippen LogP contribution in [-0.4, -0.2) is 27.9 Å². The lowest BCUT2D eigenvalue weighted by atomic mass is 10.5. The summed E-state index contributed by atoms with van der Waals surface area (Å²) in [6.07, 6.45) is 4.20. The zero-order valence-corrected chi connectivity index (χ0v) is 9.11. The lowest BCUT2D eigenvalue weighted by Crippen LogP contribution is -1.98. The summed E-state index contributed by atoms with van der Waals surface area (Å²) in [7, 11) is 1.53. The van der Waals surface area contributed by atoms with Gasteiger partial charge in [-0.2, -0.15) is 4.98 Å². The number of carbonyl (C=O) groups excluding carboxylic acids is 1. The van der Waals surface area contributed by atoms with Gasteiger partial charge in [-0.05, 0) is 6.92 Å². The quantitative estimate of drug-likeness (QED) is 0.739. The molecule has 0 radical (unpaired) electrons. The molecule has 0 aromatic carbocycles. The van der Waals surface area contributed by atoms with Gasteiger partial charge < -0.3 is 4.74 Å². The molecule has 0 amide bonds. The molecule has 5 nitrogen and oxygen atoms in total. The Bertz CT molecular complexity index is 489. The predicted octanol–water partition coefficient (Wildman–Crippen LogP) is 1.46. The molecule has 0 bridgehead atoms. The molecule has 0 fully saturated rings.